The van der Waals surface area contributed by atoms with E-state index < -0.39 is 0 Å². The molecule has 1 unspecified atom stereocenters. The molecule has 5 nitrogen and oxygen atoms in total. The summed E-state index contributed by atoms with van der Waals surface area (Å²) in [4.78, 5) is 5.22. The van der Waals surface area contributed by atoms with Crippen molar-refractivity contribution < 1.29 is 9.47 Å². The number of hydrogen-bond acceptors (Lipinski definition) is 5. The summed E-state index contributed by atoms with van der Waals surface area (Å²) in [7, 11) is 0. The first-order chi connectivity index (χ1) is 18.9. The summed E-state index contributed by atoms with van der Waals surface area (Å²) in [6.07, 6.45) is 3.19. The largest absolute Gasteiger partial charge is 0.466 e. The van der Waals surface area contributed by atoms with Crippen LogP contribution in [0.4, 0.5) is 0 Å². The Kier molecular flexibility index (Phi) is 8.61. The summed E-state index contributed by atoms with van der Waals surface area (Å²) in [5.41, 5.74) is 14.0. The third-order valence-electron chi connectivity index (χ3n) is 8.82. The van der Waals surface area contributed by atoms with Crippen LogP contribution in [0.2, 0.25) is 0 Å². The molecule has 0 bridgehead atoms. The molecule has 2 aromatic rings. The van der Waals surface area contributed by atoms with Crippen LogP contribution in [0.3, 0.4) is 0 Å². The molecule has 208 valence electrons. The summed E-state index contributed by atoms with van der Waals surface area (Å²) in [6, 6.07) is 21.1. The first kappa shape index (κ1) is 27.7. The van der Waals surface area contributed by atoms with Crippen LogP contribution < -0.4 is 5.73 Å². The van der Waals surface area contributed by atoms with E-state index in [2.05, 4.69) is 91.2 Å². The lowest BCUT2D eigenvalue weighted by atomic mass is 9.85. The summed E-state index contributed by atoms with van der Waals surface area (Å²) in [6.45, 7) is 15.9. The Morgan fingerprint density at radius 3 is 2.05 bits per heavy atom. The van der Waals surface area contributed by atoms with Crippen LogP contribution in [0.25, 0.3) is 0 Å². The van der Waals surface area contributed by atoms with Crippen molar-refractivity contribution in [2.45, 2.75) is 53.1 Å². The lowest BCUT2D eigenvalue weighted by molar-refractivity contribution is 0.0707. The van der Waals surface area contributed by atoms with Crippen LogP contribution in [0.5, 0.6) is 0 Å². The molecule has 2 aliphatic heterocycles. The predicted octanol–water partition coefficient (Wildman–Crippen LogP) is 6.41. The van der Waals surface area contributed by atoms with Gasteiger partial charge < -0.3 is 20.1 Å². The van der Waals surface area contributed by atoms with Gasteiger partial charge in [0.1, 0.15) is 17.6 Å². The zero-order valence-electron chi connectivity index (χ0n) is 24.2. The smallest absolute Gasteiger partial charge is 0.108 e. The second-order valence-corrected chi connectivity index (χ2v) is 11.7. The van der Waals surface area contributed by atoms with Crippen LogP contribution in [0.15, 0.2) is 94.6 Å². The molecule has 0 saturated carbocycles. The highest BCUT2D eigenvalue weighted by Gasteiger charge is 2.43. The summed E-state index contributed by atoms with van der Waals surface area (Å²) >= 11 is 0. The highest BCUT2D eigenvalue weighted by atomic mass is 16.5. The molecule has 2 aromatic carbocycles. The minimum absolute atomic E-state index is 0.00608. The standard InChI is InChI=1S/C34H45N3O2/c1-25-26(2)39-27(3)30-23-34(4,33(35)31(25)30)24-37-20-18-36(19-21-37)17-11-12-22-38-32(28-13-7-5-8-14-28)29-15-9-6-10-16-29/h5-10,13-16,32H,11-12,17-24,35H2,1-4H3. The molecular weight excluding hydrogens is 482 g/mol. The second-order valence-electron chi connectivity index (χ2n) is 11.7. The normalized spacial score (nSPS) is 22.6. The Morgan fingerprint density at radius 2 is 1.44 bits per heavy atom. The topological polar surface area (TPSA) is 51.0 Å². The lowest BCUT2D eigenvalue weighted by Crippen LogP contribution is -2.50. The number of hydrogen-bond donors (Lipinski definition) is 1. The predicted molar refractivity (Wildman–Crippen MR) is 159 cm³/mol. The van der Waals surface area contributed by atoms with Gasteiger partial charge in [-0.2, -0.15) is 0 Å². The number of unbranched alkanes of at least 4 members (excludes halogenated alkanes) is 1. The fourth-order valence-corrected chi connectivity index (χ4v) is 6.40. The SMILES string of the molecule is CC1=C(C)C2=C(N)C(C)(CN3CCN(CCCCOC(c4ccccc4)c4ccccc4)CC3)CC2=C(C)O1. The van der Waals surface area contributed by atoms with Crippen LogP contribution in [-0.2, 0) is 9.47 Å². The van der Waals surface area contributed by atoms with Crippen LogP contribution in [0, 0.1) is 5.41 Å². The van der Waals surface area contributed by atoms with Crippen molar-refractivity contribution in [3.8, 4) is 0 Å². The van der Waals surface area contributed by atoms with Crippen molar-refractivity contribution in [3.63, 3.8) is 0 Å². The third-order valence-corrected chi connectivity index (χ3v) is 8.82. The van der Waals surface area contributed by atoms with Gasteiger partial charge in [-0.05, 0) is 63.3 Å². The molecule has 1 saturated heterocycles. The summed E-state index contributed by atoms with van der Waals surface area (Å²) in [5.74, 6) is 2.00. The van der Waals surface area contributed by atoms with Crippen molar-refractivity contribution in [2.24, 2.45) is 11.1 Å². The van der Waals surface area contributed by atoms with Gasteiger partial charge in [0, 0.05) is 61.6 Å². The van der Waals surface area contributed by atoms with E-state index in [0.717, 1.165) is 82.4 Å². The van der Waals surface area contributed by atoms with Gasteiger partial charge in [-0.1, -0.05) is 67.6 Å². The number of allylic oxidation sites excluding steroid dienone is 5. The van der Waals surface area contributed by atoms with Crippen LogP contribution in [-0.4, -0.2) is 55.7 Å². The van der Waals surface area contributed by atoms with Gasteiger partial charge in [-0.15, -0.1) is 0 Å². The van der Waals surface area contributed by atoms with Gasteiger partial charge in [0.05, 0.1) is 0 Å². The minimum Gasteiger partial charge on any atom is -0.466 e. The van der Waals surface area contributed by atoms with Crippen LogP contribution in [0.1, 0.15) is 64.2 Å². The number of ether oxygens (including phenoxy) is 2. The Balaban J connectivity index is 1.07. The van der Waals surface area contributed by atoms with Gasteiger partial charge in [0.2, 0.25) is 0 Å². The molecule has 0 spiro atoms. The summed E-state index contributed by atoms with van der Waals surface area (Å²) in [5, 5.41) is 0. The zero-order valence-corrected chi connectivity index (χ0v) is 24.2. The van der Waals surface area contributed by atoms with E-state index in [4.69, 9.17) is 15.2 Å². The van der Waals surface area contributed by atoms with Crippen molar-refractivity contribution in [1.82, 2.24) is 9.80 Å². The van der Waals surface area contributed by atoms with Crippen molar-refractivity contribution in [3.05, 3.63) is 106 Å². The molecular formula is C34H45N3O2. The lowest BCUT2D eigenvalue weighted by Gasteiger charge is -2.39. The molecule has 39 heavy (non-hydrogen) atoms. The first-order valence-electron chi connectivity index (χ1n) is 14.6. The molecule has 2 heterocycles. The Labute approximate surface area is 235 Å². The monoisotopic (exact) mass is 527 g/mol. The fourth-order valence-electron chi connectivity index (χ4n) is 6.40. The van der Waals surface area contributed by atoms with E-state index in [9.17, 15) is 0 Å². The van der Waals surface area contributed by atoms with Crippen molar-refractivity contribution in [2.75, 3.05) is 45.9 Å². The van der Waals surface area contributed by atoms with Gasteiger partial charge in [0.15, 0.2) is 0 Å². The molecule has 2 N–H and O–H groups in total. The average Bonchev–Trinajstić information content (AvgIpc) is 3.22. The molecule has 0 aromatic heterocycles. The molecule has 1 fully saturated rings. The third kappa shape index (κ3) is 6.16. The second kappa shape index (κ2) is 12.1. The van der Waals surface area contributed by atoms with E-state index >= 15 is 0 Å². The Hall–Kier alpha value is -2.86. The minimum atomic E-state index is -0.0330. The number of piperazine rings is 1. The maximum Gasteiger partial charge on any atom is 0.108 e. The van der Waals surface area contributed by atoms with Gasteiger partial charge in [-0.3, -0.25) is 4.90 Å². The van der Waals surface area contributed by atoms with Gasteiger partial charge in [-0.25, -0.2) is 0 Å². The first-order valence-corrected chi connectivity index (χ1v) is 14.6. The number of fused-ring (bicyclic) bond motifs is 1. The van der Waals surface area contributed by atoms with E-state index in [1.165, 1.54) is 27.8 Å². The molecule has 0 amide bonds. The number of rotatable bonds is 10. The molecule has 0 radical (unpaired) electrons. The highest BCUT2D eigenvalue weighted by molar-refractivity contribution is 5.58. The van der Waals surface area contributed by atoms with Gasteiger partial charge >= 0.3 is 0 Å². The fraction of sp³-hybridized carbons (Fsp3) is 0.471. The van der Waals surface area contributed by atoms with Crippen molar-refractivity contribution in [1.29, 1.82) is 0 Å². The molecule has 5 heteroatoms. The van der Waals surface area contributed by atoms with E-state index in [1.54, 1.807) is 0 Å². The zero-order chi connectivity index (χ0) is 27.4. The summed E-state index contributed by atoms with van der Waals surface area (Å²) < 4.78 is 12.4. The molecule has 1 atom stereocenters. The van der Waals surface area contributed by atoms with E-state index in [-0.39, 0.29) is 11.5 Å². The number of benzene rings is 2. The van der Waals surface area contributed by atoms with Crippen LogP contribution >= 0.6 is 0 Å². The Bertz CT molecular complexity index is 1190. The number of nitrogens with two attached hydrogens (primary N) is 1. The van der Waals surface area contributed by atoms with E-state index in [1.807, 2.05) is 6.92 Å². The van der Waals surface area contributed by atoms with Crippen molar-refractivity contribution >= 4 is 0 Å². The highest BCUT2D eigenvalue weighted by Crippen LogP contribution is 2.50. The van der Waals surface area contributed by atoms with Gasteiger partial charge in [0.25, 0.3) is 0 Å². The molecule has 5 rings (SSSR count). The quantitative estimate of drug-likeness (QED) is 0.362. The maximum atomic E-state index is 6.82. The Morgan fingerprint density at radius 1 is 0.846 bits per heavy atom. The molecule has 3 aliphatic rings. The average molecular weight is 528 g/mol. The molecule has 1 aliphatic carbocycles. The van der Waals surface area contributed by atoms with E-state index in [0.29, 0.717) is 0 Å². The number of nitrogens with zero attached hydrogens (tertiary/aromatic N) is 2. The maximum absolute atomic E-state index is 6.82.